The van der Waals surface area contributed by atoms with Gasteiger partial charge in [-0.1, -0.05) is 26.0 Å². The first-order chi connectivity index (χ1) is 9.52. The smallest absolute Gasteiger partial charge is 0.235 e. The van der Waals surface area contributed by atoms with Gasteiger partial charge < -0.3 is 5.32 Å². The van der Waals surface area contributed by atoms with Crippen LogP contribution in [0.4, 0.5) is 4.39 Å². The summed E-state index contributed by atoms with van der Waals surface area (Å²) < 4.78 is 36.9. The van der Waals surface area contributed by atoms with Crippen LogP contribution in [-0.4, -0.2) is 25.8 Å². The van der Waals surface area contributed by atoms with Crippen molar-refractivity contribution in [3.8, 4) is 0 Å². The third kappa shape index (κ3) is 5.83. The summed E-state index contributed by atoms with van der Waals surface area (Å²) in [6, 6.07) is 5.87. The van der Waals surface area contributed by atoms with Crippen molar-refractivity contribution in [1.29, 1.82) is 0 Å². The zero-order valence-corrected chi connectivity index (χ0v) is 13.6. The zero-order chi connectivity index (χ0) is 16.3. The molecule has 21 heavy (non-hydrogen) atoms. The SMILES string of the molecule is CC(C)CS(=O)(=O)CC(=O)NC(C)(C)c1cccc(F)c1. The van der Waals surface area contributed by atoms with Gasteiger partial charge in [-0.2, -0.15) is 0 Å². The van der Waals surface area contributed by atoms with E-state index in [0.29, 0.717) is 5.56 Å². The topological polar surface area (TPSA) is 63.2 Å². The fraction of sp³-hybridized carbons (Fsp3) is 0.533. The Morgan fingerprint density at radius 2 is 1.95 bits per heavy atom. The molecule has 0 unspecified atom stereocenters. The van der Waals surface area contributed by atoms with Crippen LogP contribution in [0.15, 0.2) is 24.3 Å². The number of carbonyl (C=O) groups excluding carboxylic acids is 1. The van der Waals surface area contributed by atoms with Gasteiger partial charge in [0, 0.05) is 0 Å². The maximum atomic E-state index is 13.2. The van der Waals surface area contributed by atoms with Gasteiger partial charge in [-0.3, -0.25) is 4.79 Å². The molecule has 0 aliphatic carbocycles. The highest BCUT2D eigenvalue weighted by molar-refractivity contribution is 7.92. The van der Waals surface area contributed by atoms with Crippen molar-refractivity contribution in [1.82, 2.24) is 5.32 Å². The Hall–Kier alpha value is -1.43. The first-order valence-corrected chi connectivity index (χ1v) is 8.61. The molecule has 1 amide bonds. The molecule has 0 heterocycles. The lowest BCUT2D eigenvalue weighted by Gasteiger charge is -2.27. The Kier molecular flexibility index (Phi) is 5.50. The molecule has 0 radical (unpaired) electrons. The molecule has 1 rings (SSSR count). The summed E-state index contributed by atoms with van der Waals surface area (Å²) in [5, 5.41) is 2.64. The minimum absolute atomic E-state index is 0.0270. The molecule has 6 heteroatoms. The predicted octanol–water partition coefficient (Wildman–Crippen LogP) is 2.25. The quantitative estimate of drug-likeness (QED) is 0.876. The lowest BCUT2D eigenvalue weighted by molar-refractivity contribution is -0.120. The zero-order valence-electron chi connectivity index (χ0n) is 12.8. The number of benzene rings is 1. The molecule has 0 saturated carbocycles. The van der Waals surface area contributed by atoms with Crippen molar-refractivity contribution in [3.63, 3.8) is 0 Å². The Bertz CT molecular complexity index is 609. The van der Waals surface area contributed by atoms with Crippen molar-refractivity contribution >= 4 is 15.7 Å². The fourth-order valence-corrected chi connectivity index (χ4v) is 3.71. The van der Waals surface area contributed by atoms with Crippen LogP contribution in [0.1, 0.15) is 33.3 Å². The summed E-state index contributed by atoms with van der Waals surface area (Å²) in [7, 11) is -3.43. The first kappa shape index (κ1) is 17.6. The highest BCUT2D eigenvalue weighted by Gasteiger charge is 2.26. The molecule has 4 nitrogen and oxygen atoms in total. The van der Waals surface area contributed by atoms with E-state index in [1.165, 1.54) is 12.1 Å². The van der Waals surface area contributed by atoms with Crippen LogP contribution in [0.2, 0.25) is 0 Å². The summed E-state index contributed by atoms with van der Waals surface area (Å²) in [6.45, 7) is 6.97. The average molecular weight is 315 g/mol. The Balaban J connectivity index is 2.78. The molecule has 1 N–H and O–H groups in total. The molecule has 0 spiro atoms. The van der Waals surface area contributed by atoms with E-state index in [0.717, 1.165) is 0 Å². The standard InChI is InChI=1S/C15H22FNO3S/c1-11(2)9-21(19,20)10-14(18)17-15(3,4)12-6-5-7-13(16)8-12/h5-8,11H,9-10H2,1-4H3,(H,17,18). The highest BCUT2D eigenvalue weighted by atomic mass is 32.2. The summed E-state index contributed by atoms with van der Waals surface area (Å²) in [6.07, 6.45) is 0. The lowest BCUT2D eigenvalue weighted by atomic mass is 9.94. The van der Waals surface area contributed by atoms with Crippen LogP contribution in [-0.2, 0) is 20.2 Å². The molecule has 0 fully saturated rings. The Morgan fingerprint density at radius 1 is 1.33 bits per heavy atom. The summed E-state index contributed by atoms with van der Waals surface area (Å²) in [4.78, 5) is 11.9. The Labute approximate surface area is 125 Å². The van der Waals surface area contributed by atoms with E-state index in [1.807, 2.05) is 0 Å². The van der Waals surface area contributed by atoms with Crippen LogP contribution in [0.25, 0.3) is 0 Å². The molecule has 0 aliphatic heterocycles. The van der Waals surface area contributed by atoms with E-state index in [1.54, 1.807) is 39.8 Å². The van der Waals surface area contributed by atoms with Crippen LogP contribution in [0.5, 0.6) is 0 Å². The Morgan fingerprint density at radius 3 is 2.48 bits per heavy atom. The largest absolute Gasteiger partial charge is 0.346 e. The minimum Gasteiger partial charge on any atom is -0.346 e. The van der Waals surface area contributed by atoms with E-state index in [2.05, 4.69) is 5.32 Å². The molecule has 1 aromatic rings. The molecule has 118 valence electrons. The van der Waals surface area contributed by atoms with E-state index in [9.17, 15) is 17.6 Å². The van der Waals surface area contributed by atoms with Gasteiger partial charge in [0.15, 0.2) is 9.84 Å². The number of rotatable bonds is 6. The van der Waals surface area contributed by atoms with Crippen LogP contribution >= 0.6 is 0 Å². The van der Waals surface area contributed by atoms with Crippen LogP contribution in [0, 0.1) is 11.7 Å². The number of hydrogen-bond acceptors (Lipinski definition) is 3. The maximum absolute atomic E-state index is 13.2. The van der Waals surface area contributed by atoms with Crippen LogP contribution in [0.3, 0.4) is 0 Å². The second kappa shape index (κ2) is 6.56. The van der Waals surface area contributed by atoms with Crippen molar-refractivity contribution in [2.45, 2.75) is 33.2 Å². The molecule has 0 bridgehead atoms. The third-order valence-corrected chi connectivity index (χ3v) is 4.81. The fourth-order valence-electron chi connectivity index (χ4n) is 2.10. The predicted molar refractivity (Wildman–Crippen MR) is 81.1 cm³/mol. The third-order valence-electron chi connectivity index (χ3n) is 2.94. The van der Waals surface area contributed by atoms with Crippen molar-refractivity contribution in [2.75, 3.05) is 11.5 Å². The van der Waals surface area contributed by atoms with E-state index in [4.69, 9.17) is 0 Å². The molecular formula is C15H22FNO3S. The monoisotopic (exact) mass is 315 g/mol. The molecular weight excluding hydrogens is 293 g/mol. The molecule has 1 aromatic carbocycles. The average Bonchev–Trinajstić information content (AvgIpc) is 2.24. The van der Waals surface area contributed by atoms with Crippen molar-refractivity contribution < 1.29 is 17.6 Å². The maximum Gasteiger partial charge on any atom is 0.235 e. The van der Waals surface area contributed by atoms with Gasteiger partial charge in [0.05, 0.1) is 11.3 Å². The van der Waals surface area contributed by atoms with Gasteiger partial charge in [-0.15, -0.1) is 0 Å². The molecule has 0 atom stereocenters. The number of amides is 1. The molecule has 0 aliphatic rings. The minimum atomic E-state index is -3.43. The van der Waals surface area contributed by atoms with E-state index < -0.39 is 32.9 Å². The number of carbonyl (C=O) groups is 1. The van der Waals surface area contributed by atoms with Gasteiger partial charge >= 0.3 is 0 Å². The number of nitrogens with one attached hydrogen (secondary N) is 1. The normalized spacial score (nSPS) is 12.5. The second-order valence-electron chi connectivity index (χ2n) is 6.13. The van der Waals surface area contributed by atoms with E-state index in [-0.39, 0.29) is 11.7 Å². The summed E-state index contributed by atoms with van der Waals surface area (Å²) >= 11 is 0. The van der Waals surface area contributed by atoms with Gasteiger partial charge in [-0.05, 0) is 37.5 Å². The number of hydrogen-bond donors (Lipinski definition) is 1. The van der Waals surface area contributed by atoms with Crippen molar-refractivity contribution in [2.24, 2.45) is 5.92 Å². The number of sulfone groups is 1. The highest BCUT2D eigenvalue weighted by Crippen LogP contribution is 2.20. The summed E-state index contributed by atoms with van der Waals surface area (Å²) in [5.41, 5.74) is -0.260. The molecule has 0 aromatic heterocycles. The van der Waals surface area contributed by atoms with Gasteiger partial charge in [-0.25, -0.2) is 12.8 Å². The molecule has 0 saturated heterocycles. The van der Waals surface area contributed by atoms with E-state index >= 15 is 0 Å². The lowest BCUT2D eigenvalue weighted by Crippen LogP contribution is -2.44. The van der Waals surface area contributed by atoms with Crippen LogP contribution < -0.4 is 5.32 Å². The second-order valence-corrected chi connectivity index (χ2v) is 8.24. The number of halogens is 1. The van der Waals surface area contributed by atoms with Crippen molar-refractivity contribution in [3.05, 3.63) is 35.6 Å². The van der Waals surface area contributed by atoms with Gasteiger partial charge in [0.1, 0.15) is 11.6 Å². The van der Waals surface area contributed by atoms with Gasteiger partial charge in [0.2, 0.25) is 5.91 Å². The first-order valence-electron chi connectivity index (χ1n) is 6.79. The van der Waals surface area contributed by atoms with Gasteiger partial charge in [0.25, 0.3) is 0 Å². The summed E-state index contributed by atoms with van der Waals surface area (Å²) in [5.74, 6) is -1.59.